The lowest BCUT2D eigenvalue weighted by atomic mass is 9.75. The lowest BCUT2D eigenvalue weighted by Gasteiger charge is -2.44. The Morgan fingerprint density at radius 3 is 1.32 bits per heavy atom. The van der Waals surface area contributed by atoms with Crippen molar-refractivity contribution in [2.45, 2.75) is 73.3 Å². The van der Waals surface area contributed by atoms with Crippen LogP contribution in [0.3, 0.4) is 0 Å². The molecule has 0 saturated heterocycles. The van der Waals surface area contributed by atoms with Crippen LogP contribution in [-0.4, -0.2) is 53.6 Å². The molecule has 0 bridgehead atoms. The third-order valence-corrected chi connectivity index (χ3v) is 6.35. The molecule has 0 unspecified atom stereocenters. The molecule has 236 valence electrons. The Labute approximate surface area is 216 Å². The Hall–Kier alpha value is -2.57. The molecular formula is C21H14F18O2. The predicted octanol–water partition coefficient (Wildman–Crippen LogP) is 8.55. The molecule has 1 aliphatic rings. The molecule has 1 aromatic rings. The smallest absolute Gasteiger partial charge is 0.426 e. The fourth-order valence-electron chi connectivity index (χ4n) is 3.83. The van der Waals surface area contributed by atoms with Crippen molar-refractivity contribution in [1.82, 2.24) is 0 Å². The van der Waals surface area contributed by atoms with E-state index in [4.69, 9.17) is 4.74 Å². The number of carbonyl (C=O) groups is 1. The highest BCUT2D eigenvalue weighted by Gasteiger charge is 2.95. The molecule has 0 atom stereocenters. The van der Waals surface area contributed by atoms with E-state index in [0.29, 0.717) is 0 Å². The van der Waals surface area contributed by atoms with Crippen LogP contribution in [0.15, 0.2) is 24.3 Å². The topological polar surface area (TPSA) is 26.3 Å². The summed E-state index contributed by atoms with van der Waals surface area (Å²) in [6.07, 6.45) is -12.4. The van der Waals surface area contributed by atoms with Gasteiger partial charge in [0.15, 0.2) is 0 Å². The predicted molar refractivity (Wildman–Crippen MR) is 98.2 cm³/mol. The summed E-state index contributed by atoms with van der Waals surface area (Å²) in [6.45, 7) is 0. The molecule has 0 radical (unpaired) electrons. The largest absolute Gasteiger partial charge is 0.460 e. The number of rotatable bonds is 9. The summed E-state index contributed by atoms with van der Waals surface area (Å²) in [6, 6.07) is 3.50. The van der Waals surface area contributed by atoms with Gasteiger partial charge in [0.1, 0.15) is 11.6 Å². The second-order valence-corrected chi connectivity index (χ2v) is 8.99. The minimum atomic E-state index is -8.68. The first kappa shape index (κ1) is 34.6. The number of alkyl halides is 17. The van der Waals surface area contributed by atoms with Gasteiger partial charge in [-0.15, -0.1) is 0 Å². The van der Waals surface area contributed by atoms with Crippen molar-refractivity contribution in [3.05, 3.63) is 30.1 Å². The van der Waals surface area contributed by atoms with E-state index in [2.05, 4.69) is 0 Å². The molecule has 1 saturated carbocycles. The van der Waals surface area contributed by atoms with Crippen molar-refractivity contribution >= 4 is 5.97 Å². The molecule has 1 fully saturated rings. The van der Waals surface area contributed by atoms with Gasteiger partial charge < -0.3 is 4.74 Å². The standard InChI is InChI=1S/C21H14F18O2/c22-11-5-7-12(8-6-11)41-13(40)9-1-3-10(4-2-9)14(23,24)15(25,26)16(27,28)17(29,30)18(31,32)19(33,34)20(35,36)21(37,38)39/h5-10H,1-4H2. The Balaban J connectivity index is 2.31. The molecule has 2 rings (SSSR count). The maximum absolute atomic E-state index is 14.5. The molecule has 1 aliphatic carbocycles. The first-order chi connectivity index (χ1) is 18.1. The molecule has 0 aliphatic heterocycles. The quantitative estimate of drug-likeness (QED) is 0.154. The van der Waals surface area contributed by atoms with E-state index >= 15 is 0 Å². The van der Waals surface area contributed by atoms with Crippen molar-refractivity contribution in [3.63, 3.8) is 0 Å². The van der Waals surface area contributed by atoms with Gasteiger partial charge in [-0.05, 0) is 49.9 Å². The van der Waals surface area contributed by atoms with Crippen LogP contribution in [0.4, 0.5) is 79.0 Å². The first-order valence-electron chi connectivity index (χ1n) is 10.8. The maximum Gasteiger partial charge on any atom is 0.460 e. The van der Waals surface area contributed by atoms with Gasteiger partial charge in [0, 0.05) is 5.92 Å². The van der Waals surface area contributed by atoms with Crippen LogP contribution < -0.4 is 4.74 Å². The number of halogens is 18. The number of benzene rings is 1. The summed E-state index contributed by atoms with van der Waals surface area (Å²) in [5.74, 6) is -63.5. The van der Waals surface area contributed by atoms with Crippen molar-refractivity contribution in [1.29, 1.82) is 0 Å². The Morgan fingerprint density at radius 1 is 0.561 bits per heavy atom. The van der Waals surface area contributed by atoms with Gasteiger partial charge in [0.05, 0.1) is 5.92 Å². The molecule has 1 aromatic carbocycles. The Bertz CT molecular complexity index is 1080. The van der Waals surface area contributed by atoms with E-state index in [-0.39, 0.29) is 5.75 Å². The Morgan fingerprint density at radius 2 is 0.927 bits per heavy atom. The number of hydrogen-bond donors (Lipinski definition) is 0. The summed E-state index contributed by atoms with van der Waals surface area (Å²) >= 11 is 0. The van der Waals surface area contributed by atoms with Gasteiger partial charge in [-0.2, -0.15) is 74.6 Å². The average Bonchev–Trinajstić information content (AvgIpc) is 2.84. The first-order valence-corrected chi connectivity index (χ1v) is 10.8. The zero-order valence-corrected chi connectivity index (χ0v) is 19.4. The van der Waals surface area contributed by atoms with Gasteiger partial charge in [-0.1, -0.05) is 0 Å². The molecule has 0 spiro atoms. The van der Waals surface area contributed by atoms with Gasteiger partial charge in [0.2, 0.25) is 0 Å². The maximum atomic E-state index is 14.5. The van der Waals surface area contributed by atoms with Crippen LogP contribution in [-0.2, 0) is 4.79 Å². The normalized spacial score (nSPS) is 20.6. The molecular weight excluding hydrogens is 626 g/mol. The highest BCUT2D eigenvalue weighted by atomic mass is 19.4. The van der Waals surface area contributed by atoms with Crippen molar-refractivity contribution in [2.75, 3.05) is 0 Å². The monoisotopic (exact) mass is 640 g/mol. The van der Waals surface area contributed by atoms with Crippen LogP contribution in [0.2, 0.25) is 0 Å². The third-order valence-electron chi connectivity index (χ3n) is 6.35. The molecule has 0 aromatic heterocycles. The average molecular weight is 640 g/mol. The van der Waals surface area contributed by atoms with Crippen LogP contribution in [0.5, 0.6) is 5.75 Å². The second-order valence-electron chi connectivity index (χ2n) is 8.99. The summed E-state index contributed by atoms with van der Waals surface area (Å²) in [7, 11) is 0. The second kappa shape index (κ2) is 10.3. The van der Waals surface area contributed by atoms with E-state index in [1.54, 1.807) is 0 Å². The van der Waals surface area contributed by atoms with Gasteiger partial charge in [-0.3, -0.25) is 4.79 Å². The van der Waals surface area contributed by atoms with Crippen LogP contribution >= 0.6 is 0 Å². The lowest BCUT2D eigenvalue weighted by molar-refractivity contribution is -0.463. The van der Waals surface area contributed by atoms with Crippen molar-refractivity contribution < 1.29 is 88.6 Å². The summed E-state index contributed by atoms with van der Waals surface area (Å²) in [5.41, 5.74) is 0. The molecule has 0 N–H and O–H groups in total. The molecule has 0 amide bonds. The van der Waals surface area contributed by atoms with Gasteiger partial charge in [-0.25, -0.2) is 4.39 Å². The fourth-order valence-corrected chi connectivity index (χ4v) is 3.83. The van der Waals surface area contributed by atoms with Crippen LogP contribution in [0, 0.1) is 17.7 Å². The van der Waals surface area contributed by atoms with Gasteiger partial charge in [0.25, 0.3) is 0 Å². The summed E-state index contributed by atoms with van der Waals surface area (Å²) in [4.78, 5) is 12.1. The van der Waals surface area contributed by atoms with Gasteiger partial charge >= 0.3 is 53.6 Å². The summed E-state index contributed by atoms with van der Waals surface area (Å²) < 4.78 is 246. The third kappa shape index (κ3) is 5.27. The van der Waals surface area contributed by atoms with E-state index in [9.17, 15) is 83.8 Å². The summed E-state index contributed by atoms with van der Waals surface area (Å²) in [5, 5.41) is 0. The molecule has 0 heterocycles. The minimum Gasteiger partial charge on any atom is -0.426 e. The zero-order chi connectivity index (χ0) is 32.3. The van der Waals surface area contributed by atoms with E-state index in [1.807, 2.05) is 0 Å². The minimum absolute atomic E-state index is 0.286. The fraction of sp³-hybridized carbons (Fsp3) is 0.667. The van der Waals surface area contributed by atoms with E-state index in [1.165, 1.54) is 0 Å². The highest BCUT2D eigenvalue weighted by Crippen LogP contribution is 2.65. The van der Waals surface area contributed by atoms with Crippen LogP contribution in [0.1, 0.15) is 25.7 Å². The van der Waals surface area contributed by atoms with Crippen LogP contribution in [0.25, 0.3) is 0 Å². The number of esters is 1. The number of hydrogen-bond acceptors (Lipinski definition) is 2. The van der Waals surface area contributed by atoms with Crippen molar-refractivity contribution in [2.24, 2.45) is 11.8 Å². The van der Waals surface area contributed by atoms with Crippen molar-refractivity contribution in [3.8, 4) is 5.75 Å². The molecule has 20 heteroatoms. The number of carbonyl (C=O) groups excluding carboxylic acids is 1. The van der Waals surface area contributed by atoms with E-state index < -0.39 is 96.9 Å². The van der Waals surface area contributed by atoms with E-state index in [0.717, 1.165) is 24.3 Å². The molecule has 41 heavy (non-hydrogen) atoms. The number of ether oxygens (including phenoxy) is 1. The Kier molecular flexibility index (Phi) is 8.70. The zero-order valence-electron chi connectivity index (χ0n) is 19.4. The highest BCUT2D eigenvalue weighted by molar-refractivity contribution is 5.75. The SMILES string of the molecule is O=C(Oc1ccc(F)cc1)C1CCC(C(F)(F)C(F)(F)C(F)(F)C(F)(F)C(F)(F)C(F)(F)C(F)(F)C(F)(F)F)CC1. The molecule has 2 nitrogen and oxygen atoms in total. The lowest BCUT2D eigenvalue weighted by Crippen LogP contribution is -2.75.